The van der Waals surface area contributed by atoms with Crippen LogP contribution in [-0.2, 0) is 6.54 Å². The van der Waals surface area contributed by atoms with Crippen LogP contribution in [0.1, 0.15) is 44.5 Å². The van der Waals surface area contributed by atoms with Gasteiger partial charge in [-0.05, 0) is 19.3 Å². The SMILES string of the molecule is CCCn1nnc(C(C)C)c1C. The van der Waals surface area contributed by atoms with Crippen molar-refractivity contribution >= 4 is 0 Å². The molecule has 0 aliphatic carbocycles. The highest BCUT2D eigenvalue weighted by Crippen LogP contribution is 2.14. The maximum atomic E-state index is 4.15. The molecule has 0 atom stereocenters. The number of hydrogen-bond donors (Lipinski definition) is 0. The first-order chi connectivity index (χ1) is 5.66. The molecule has 0 bridgehead atoms. The lowest BCUT2D eigenvalue weighted by Crippen LogP contribution is -2.02. The van der Waals surface area contributed by atoms with E-state index >= 15 is 0 Å². The van der Waals surface area contributed by atoms with Crippen LogP contribution in [0.25, 0.3) is 0 Å². The smallest absolute Gasteiger partial charge is 0.0881 e. The van der Waals surface area contributed by atoms with Crippen LogP contribution in [0, 0.1) is 6.92 Å². The summed E-state index contributed by atoms with van der Waals surface area (Å²) in [6.07, 6.45) is 1.11. The van der Waals surface area contributed by atoms with Gasteiger partial charge in [-0.25, -0.2) is 4.68 Å². The monoisotopic (exact) mass is 167 g/mol. The third-order valence-corrected chi connectivity index (χ3v) is 2.00. The Morgan fingerprint density at radius 3 is 2.50 bits per heavy atom. The molecule has 0 amide bonds. The molecule has 3 nitrogen and oxygen atoms in total. The molecule has 1 rings (SSSR count). The standard InChI is InChI=1S/C9H17N3/c1-5-6-12-8(4)9(7(2)3)10-11-12/h7H,5-6H2,1-4H3. The van der Waals surface area contributed by atoms with E-state index in [1.807, 2.05) is 4.68 Å². The minimum Gasteiger partial charge on any atom is -0.249 e. The zero-order valence-electron chi connectivity index (χ0n) is 8.33. The molecule has 0 N–H and O–H groups in total. The fourth-order valence-electron chi connectivity index (χ4n) is 1.33. The molecule has 0 radical (unpaired) electrons. The zero-order chi connectivity index (χ0) is 9.14. The molecule has 0 unspecified atom stereocenters. The fourth-order valence-corrected chi connectivity index (χ4v) is 1.33. The molecule has 3 heteroatoms. The molecule has 0 aliphatic rings. The third kappa shape index (κ3) is 1.65. The van der Waals surface area contributed by atoms with E-state index in [-0.39, 0.29) is 0 Å². The first-order valence-electron chi connectivity index (χ1n) is 4.56. The maximum absolute atomic E-state index is 4.15. The molecule has 1 aromatic rings. The van der Waals surface area contributed by atoms with Crippen molar-refractivity contribution in [2.24, 2.45) is 0 Å². The molecule has 12 heavy (non-hydrogen) atoms. The third-order valence-electron chi connectivity index (χ3n) is 2.00. The molecular formula is C9H17N3. The van der Waals surface area contributed by atoms with Crippen LogP contribution in [0.3, 0.4) is 0 Å². The van der Waals surface area contributed by atoms with Crippen LogP contribution < -0.4 is 0 Å². The Labute approximate surface area is 73.8 Å². The Bertz CT molecular complexity index is 250. The van der Waals surface area contributed by atoms with Gasteiger partial charge in [0.25, 0.3) is 0 Å². The molecule has 1 aromatic heterocycles. The Kier molecular flexibility index (Phi) is 2.84. The lowest BCUT2D eigenvalue weighted by molar-refractivity contribution is 0.566. The van der Waals surface area contributed by atoms with E-state index in [9.17, 15) is 0 Å². The normalized spacial score (nSPS) is 11.1. The van der Waals surface area contributed by atoms with Gasteiger partial charge in [0.2, 0.25) is 0 Å². The number of rotatable bonds is 3. The summed E-state index contributed by atoms with van der Waals surface area (Å²) in [7, 11) is 0. The second-order valence-corrected chi connectivity index (χ2v) is 3.44. The van der Waals surface area contributed by atoms with Crippen molar-refractivity contribution in [2.45, 2.75) is 46.6 Å². The minimum absolute atomic E-state index is 0.482. The van der Waals surface area contributed by atoms with Crippen LogP contribution in [0.15, 0.2) is 0 Å². The van der Waals surface area contributed by atoms with E-state index < -0.39 is 0 Å². The highest BCUT2D eigenvalue weighted by atomic mass is 15.4. The van der Waals surface area contributed by atoms with Crippen LogP contribution in [-0.4, -0.2) is 15.0 Å². The average Bonchev–Trinajstić information content (AvgIpc) is 2.34. The Morgan fingerprint density at radius 2 is 2.08 bits per heavy atom. The van der Waals surface area contributed by atoms with Gasteiger partial charge in [0, 0.05) is 6.54 Å². The molecule has 1 heterocycles. The average molecular weight is 167 g/mol. The summed E-state index contributed by atoms with van der Waals surface area (Å²) in [6.45, 7) is 9.51. The molecule has 0 saturated carbocycles. The first kappa shape index (κ1) is 9.23. The molecule has 0 aromatic carbocycles. The van der Waals surface area contributed by atoms with Gasteiger partial charge < -0.3 is 0 Å². The molecule has 68 valence electrons. The second-order valence-electron chi connectivity index (χ2n) is 3.44. The van der Waals surface area contributed by atoms with Gasteiger partial charge in [-0.1, -0.05) is 26.0 Å². The van der Waals surface area contributed by atoms with Gasteiger partial charge in [-0.15, -0.1) is 5.10 Å². The van der Waals surface area contributed by atoms with E-state index in [4.69, 9.17) is 0 Å². The second kappa shape index (κ2) is 3.70. The summed E-state index contributed by atoms with van der Waals surface area (Å²) < 4.78 is 1.98. The van der Waals surface area contributed by atoms with Gasteiger partial charge in [0.15, 0.2) is 0 Å². The van der Waals surface area contributed by atoms with Crippen LogP contribution in [0.2, 0.25) is 0 Å². The van der Waals surface area contributed by atoms with E-state index in [0.29, 0.717) is 5.92 Å². The van der Waals surface area contributed by atoms with Gasteiger partial charge in [-0.2, -0.15) is 0 Å². The lowest BCUT2D eigenvalue weighted by Gasteiger charge is -2.02. The van der Waals surface area contributed by atoms with Crippen LogP contribution in [0.4, 0.5) is 0 Å². The van der Waals surface area contributed by atoms with Gasteiger partial charge >= 0.3 is 0 Å². The predicted molar refractivity (Wildman–Crippen MR) is 49.1 cm³/mol. The molecule has 0 fully saturated rings. The first-order valence-corrected chi connectivity index (χ1v) is 4.56. The number of hydrogen-bond acceptors (Lipinski definition) is 2. The van der Waals surface area contributed by atoms with Crippen molar-refractivity contribution in [1.82, 2.24) is 15.0 Å². The number of aryl methyl sites for hydroxylation is 1. The predicted octanol–water partition coefficient (Wildman–Crippen LogP) is 2.12. The summed E-state index contributed by atoms with van der Waals surface area (Å²) in [5.41, 5.74) is 2.34. The molecular weight excluding hydrogens is 150 g/mol. The summed E-state index contributed by atoms with van der Waals surface area (Å²) in [6, 6.07) is 0. The van der Waals surface area contributed by atoms with Crippen molar-refractivity contribution in [3.8, 4) is 0 Å². The molecule has 0 saturated heterocycles. The van der Waals surface area contributed by atoms with Crippen molar-refractivity contribution in [3.05, 3.63) is 11.4 Å². The zero-order valence-corrected chi connectivity index (χ0v) is 8.33. The summed E-state index contributed by atoms with van der Waals surface area (Å²) in [5.74, 6) is 0.482. The Balaban J connectivity index is 2.88. The largest absolute Gasteiger partial charge is 0.249 e. The van der Waals surface area contributed by atoms with Crippen molar-refractivity contribution in [1.29, 1.82) is 0 Å². The molecule has 0 spiro atoms. The summed E-state index contributed by atoms with van der Waals surface area (Å²) in [5, 5.41) is 8.24. The van der Waals surface area contributed by atoms with Crippen molar-refractivity contribution in [2.75, 3.05) is 0 Å². The minimum atomic E-state index is 0.482. The number of nitrogens with zero attached hydrogens (tertiary/aromatic N) is 3. The van der Waals surface area contributed by atoms with Crippen molar-refractivity contribution < 1.29 is 0 Å². The quantitative estimate of drug-likeness (QED) is 0.690. The van der Waals surface area contributed by atoms with E-state index in [1.165, 1.54) is 5.69 Å². The van der Waals surface area contributed by atoms with Gasteiger partial charge in [0.1, 0.15) is 0 Å². The highest BCUT2D eigenvalue weighted by Gasteiger charge is 2.10. The number of aromatic nitrogens is 3. The maximum Gasteiger partial charge on any atom is 0.0881 e. The van der Waals surface area contributed by atoms with Gasteiger partial charge in [0.05, 0.1) is 11.4 Å². The van der Waals surface area contributed by atoms with Crippen LogP contribution >= 0.6 is 0 Å². The van der Waals surface area contributed by atoms with E-state index in [0.717, 1.165) is 18.7 Å². The van der Waals surface area contributed by atoms with E-state index in [1.54, 1.807) is 0 Å². The molecule has 0 aliphatic heterocycles. The fraction of sp³-hybridized carbons (Fsp3) is 0.778. The van der Waals surface area contributed by atoms with Crippen molar-refractivity contribution in [3.63, 3.8) is 0 Å². The van der Waals surface area contributed by atoms with Crippen LogP contribution in [0.5, 0.6) is 0 Å². The van der Waals surface area contributed by atoms with E-state index in [2.05, 4.69) is 38.0 Å². The summed E-state index contributed by atoms with van der Waals surface area (Å²) in [4.78, 5) is 0. The highest BCUT2D eigenvalue weighted by molar-refractivity contribution is 5.11. The Hall–Kier alpha value is -0.860. The topological polar surface area (TPSA) is 30.7 Å². The Morgan fingerprint density at radius 1 is 1.42 bits per heavy atom. The lowest BCUT2D eigenvalue weighted by atomic mass is 10.1. The summed E-state index contributed by atoms with van der Waals surface area (Å²) >= 11 is 0. The van der Waals surface area contributed by atoms with Gasteiger partial charge in [-0.3, -0.25) is 0 Å².